The van der Waals surface area contributed by atoms with Gasteiger partial charge in [-0.05, 0) is 108 Å². The Morgan fingerprint density at radius 3 is 2.42 bits per heavy atom. The summed E-state index contributed by atoms with van der Waals surface area (Å²) < 4.78 is 29.5. The van der Waals surface area contributed by atoms with Crippen LogP contribution in [0.4, 0.5) is 5.69 Å². The molecule has 2 atom stereocenters. The molecule has 2 fully saturated rings. The molecule has 6 rings (SSSR count). The molecule has 8 heteroatoms. The van der Waals surface area contributed by atoms with E-state index in [9.17, 15) is 23.4 Å². The molecule has 1 heterocycles. The molecule has 3 aliphatic rings. The van der Waals surface area contributed by atoms with Crippen molar-refractivity contribution >= 4 is 21.5 Å². The first kappa shape index (κ1) is 26.8. The Balaban J connectivity index is 1.12. The molecular weight excluding hydrogens is 526 g/mol. The van der Waals surface area contributed by atoms with Crippen LogP contribution in [0.3, 0.4) is 0 Å². The van der Waals surface area contributed by atoms with Gasteiger partial charge in [-0.25, -0.2) is 8.42 Å². The summed E-state index contributed by atoms with van der Waals surface area (Å²) in [5.41, 5.74) is 7.15. The molecule has 3 aromatic rings. The monoisotopic (exact) mass is 561 g/mol. The van der Waals surface area contributed by atoms with E-state index in [1.807, 2.05) is 30.3 Å². The lowest BCUT2D eigenvalue weighted by atomic mass is 9.94. The van der Waals surface area contributed by atoms with Gasteiger partial charge in [-0.1, -0.05) is 30.3 Å². The zero-order valence-corrected chi connectivity index (χ0v) is 23.3. The van der Waals surface area contributed by atoms with E-state index < -0.39 is 21.4 Å². The summed E-state index contributed by atoms with van der Waals surface area (Å²) in [6.07, 6.45) is 4.12. The number of fused-ring (bicyclic) bond motifs is 3. The Morgan fingerprint density at radius 2 is 1.70 bits per heavy atom. The van der Waals surface area contributed by atoms with Gasteiger partial charge >= 0.3 is 5.97 Å². The molecule has 1 saturated heterocycles. The van der Waals surface area contributed by atoms with Gasteiger partial charge in [0.25, 0.3) is 0 Å². The number of anilines is 1. The molecule has 3 N–H and O–H groups in total. The average Bonchev–Trinajstić information content (AvgIpc) is 3.77. The summed E-state index contributed by atoms with van der Waals surface area (Å²) in [6, 6.07) is 20.9. The fraction of sp³-hybridized carbons (Fsp3) is 0.406. The first-order chi connectivity index (χ1) is 19.2. The lowest BCUT2D eigenvalue weighted by Gasteiger charge is -2.31. The van der Waals surface area contributed by atoms with Gasteiger partial charge in [-0.15, -0.1) is 0 Å². The summed E-state index contributed by atoms with van der Waals surface area (Å²) in [5, 5.41) is 23.5. The Bertz CT molecular complexity index is 1520. The maximum absolute atomic E-state index is 11.7. The summed E-state index contributed by atoms with van der Waals surface area (Å²) in [4.78, 5) is 11.2. The summed E-state index contributed by atoms with van der Waals surface area (Å²) >= 11 is 0. The topological polar surface area (TPSA) is 113 Å². The first-order valence-electron chi connectivity index (χ1n) is 14.1. The number of ether oxygens (including phenoxy) is 1. The molecule has 0 radical (unpaired) electrons. The molecule has 0 unspecified atom stereocenters. The highest BCUT2D eigenvalue weighted by molar-refractivity contribution is 7.91. The molecule has 0 amide bonds. The minimum absolute atomic E-state index is 0.00398. The zero-order chi connectivity index (χ0) is 27.9. The Labute approximate surface area is 235 Å². The normalized spacial score (nSPS) is 22.3. The summed E-state index contributed by atoms with van der Waals surface area (Å²) in [7, 11) is -3.05. The van der Waals surface area contributed by atoms with E-state index in [1.165, 1.54) is 27.8 Å². The van der Waals surface area contributed by atoms with Crippen LogP contribution in [0, 0.1) is 5.92 Å². The van der Waals surface area contributed by atoms with E-state index in [-0.39, 0.29) is 42.8 Å². The summed E-state index contributed by atoms with van der Waals surface area (Å²) in [6.45, 7) is 0.772. The highest BCUT2D eigenvalue weighted by atomic mass is 32.2. The standard InChI is InChI=1S/C32H35NO6S/c34-31(35)30-18-29(30)23-6-8-25(9-7-23)33-19-21-4-5-22-2-1-3-24-17-26(10-11-27(24)28(22)16-21)39-20-32(36)12-14-40(37,38)15-13-32/h4-11,16-17,29-30,33,36H,1-3,12-15,18-20H2,(H,34,35)/t29-,30+/m1/s1. The van der Waals surface area contributed by atoms with Crippen molar-refractivity contribution in [1.29, 1.82) is 0 Å². The number of rotatable bonds is 8. The second kappa shape index (κ2) is 10.6. The highest BCUT2D eigenvalue weighted by Crippen LogP contribution is 2.47. The predicted molar refractivity (Wildman–Crippen MR) is 154 cm³/mol. The molecule has 40 heavy (non-hydrogen) atoms. The van der Waals surface area contributed by atoms with Gasteiger partial charge in [-0.2, -0.15) is 0 Å². The van der Waals surface area contributed by atoms with Gasteiger partial charge in [-0.3, -0.25) is 4.79 Å². The minimum atomic E-state index is -3.05. The van der Waals surface area contributed by atoms with Crippen molar-refractivity contribution in [2.75, 3.05) is 23.4 Å². The van der Waals surface area contributed by atoms with Crippen molar-refractivity contribution in [3.05, 3.63) is 82.9 Å². The number of carbonyl (C=O) groups is 1. The van der Waals surface area contributed by atoms with Gasteiger partial charge in [0.05, 0.1) is 17.4 Å². The third-order valence-electron chi connectivity index (χ3n) is 8.64. The fourth-order valence-electron chi connectivity index (χ4n) is 5.97. The average molecular weight is 562 g/mol. The van der Waals surface area contributed by atoms with Crippen LogP contribution in [0.15, 0.2) is 60.7 Å². The molecule has 1 aliphatic heterocycles. The number of nitrogens with one attached hydrogen (secondary N) is 1. The fourth-order valence-corrected chi connectivity index (χ4v) is 7.56. The number of hydrogen-bond donors (Lipinski definition) is 3. The van der Waals surface area contributed by atoms with Crippen LogP contribution in [-0.4, -0.2) is 48.3 Å². The van der Waals surface area contributed by atoms with Gasteiger partial charge in [0.1, 0.15) is 18.0 Å². The van der Waals surface area contributed by atoms with Crippen LogP contribution >= 0.6 is 0 Å². The molecule has 1 saturated carbocycles. The number of hydrogen-bond acceptors (Lipinski definition) is 6. The highest BCUT2D eigenvalue weighted by Gasteiger charge is 2.44. The molecule has 210 valence electrons. The van der Waals surface area contributed by atoms with Crippen LogP contribution in [0.1, 0.15) is 53.9 Å². The zero-order valence-electron chi connectivity index (χ0n) is 22.4. The lowest BCUT2D eigenvalue weighted by Crippen LogP contribution is -2.43. The van der Waals surface area contributed by atoms with E-state index in [0.29, 0.717) is 12.3 Å². The van der Waals surface area contributed by atoms with Gasteiger partial charge in [0, 0.05) is 12.2 Å². The second-order valence-electron chi connectivity index (χ2n) is 11.6. The van der Waals surface area contributed by atoms with Crippen LogP contribution in [-0.2, 0) is 34.0 Å². The van der Waals surface area contributed by atoms with E-state index in [4.69, 9.17) is 4.74 Å². The first-order valence-corrected chi connectivity index (χ1v) is 15.9. The smallest absolute Gasteiger partial charge is 0.307 e. The maximum Gasteiger partial charge on any atom is 0.307 e. The molecule has 3 aromatic carbocycles. The second-order valence-corrected chi connectivity index (χ2v) is 13.9. The van der Waals surface area contributed by atoms with Gasteiger partial charge in [0.2, 0.25) is 0 Å². The van der Waals surface area contributed by atoms with Crippen LogP contribution in [0.5, 0.6) is 5.75 Å². The molecule has 7 nitrogen and oxygen atoms in total. The number of aryl methyl sites for hydroxylation is 2. The third-order valence-corrected chi connectivity index (χ3v) is 10.3. The van der Waals surface area contributed by atoms with Crippen molar-refractivity contribution < 1.29 is 28.2 Å². The summed E-state index contributed by atoms with van der Waals surface area (Å²) in [5.74, 6) is -0.107. The van der Waals surface area contributed by atoms with Gasteiger partial charge in [0.15, 0.2) is 9.84 Å². The Kier molecular flexibility index (Phi) is 7.09. The maximum atomic E-state index is 11.7. The lowest BCUT2D eigenvalue weighted by molar-refractivity contribution is -0.138. The molecule has 0 bridgehead atoms. The van der Waals surface area contributed by atoms with Crippen LogP contribution in [0.2, 0.25) is 0 Å². The van der Waals surface area contributed by atoms with E-state index in [2.05, 4.69) is 35.6 Å². The number of aliphatic hydroxyl groups is 1. The van der Waals surface area contributed by atoms with Crippen LogP contribution in [0.25, 0.3) is 11.1 Å². The van der Waals surface area contributed by atoms with Crippen molar-refractivity contribution in [1.82, 2.24) is 0 Å². The SMILES string of the molecule is O=C(O)[C@H]1C[C@@H]1c1ccc(NCc2ccc3c(c2)-c2ccc(OCC4(O)CCS(=O)(=O)CC4)cc2CCC3)cc1. The predicted octanol–water partition coefficient (Wildman–Crippen LogP) is 4.96. The number of carboxylic acids is 1. The minimum Gasteiger partial charge on any atom is -0.491 e. The van der Waals surface area contributed by atoms with Crippen molar-refractivity contribution in [3.63, 3.8) is 0 Å². The van der Waals surface area contributed by atoms with E-state index >= 15 is 0 Å². The number of aliphatic carboxylic acids is 1. The molecular formula is C32H35NO6S. The van der Waals surface area contributed by atoms with Crippen LogP contribution < -0.4 is 10.1 Å². The van der Waals surface area contributed by atoms with Crippen molar-refractivity contribution in [2.24, 2.45) is 5.92 Å². The van der Waals surface area contributed by atoms with E-state index in [1.54, 1.807) is 0 Å². The quantitative estimate of drug-likeness (QED) is 0.356. The molecule has 0 spiro atoms. The van der Waals surface area contributed by atoms with Gasteiger partial charge < -0.3 is 20.3 Å². The number of benzene rings is 3. The Hall–Kier alpha value is -3.36. The number of sulfone groups is 1. The molecule has 2 aliphatic carbocycles. The number of carboxylic acid groups (broad SMARTS) is 1. The van der Waals surface area contributed by atoms with Crippen molar-refractivity contribution in [3.8, 4) is 16.9 Å². The Morgan fingerprint density at radius 1 is 0.950 bits per heavy atom. The largest absolute Gasteiger partial charge is 0.491 e. The third kappa shape index (κ3) is 5.88. The molecule has 0 aromatic heterocycles. The van der Waals surface area contributed by atoms with Crippen molar-refractivity contribution in [2.45, 2.75) is 56.6 Å². The van der Waals surface area contributed by atoms with E-state index in [0.717, 1.165) is 36.9 Å².